The quantitative estimate of drug-likeness (QED) is 0.678. The molecule has 2 atom stereocenters. The molecular formula is C17H17NO4. The molecule has 22 heavy (non-hydrogen) atoms. The van der Waals surface area contributed by atoms with Gasteiger partial charge in [-0.1, -0.05) is 0 Å². The van der Waals surface area contributed by atoms with Crippen LogP contribution in [0.15, 0.2) is 12.1 Å². The van der Waals surface area contributed by atoms with Gasteiger partial charge in [-0.25, -0.2) is 0 Å². The summed E-state index contributed by atoms with van der Waals surface area (Å²) in [6.07, 6.45) is 3.27. The number of Topliss-reactive ketones (excluding diaryl/α,β-unsaturated/α-hetero) is 2. The Labute approximate surface area is 128 Å². The van der Waals surface area contributed by atoms with Crippen LogP contribution in [0.5, 0.6) is 11.5 Å². The van der Waals surface area contributed by atoms with Gasteiger partial charge in [0.25, 0.3) is 0 Å². The number of ether oxygens (including phenoxy) is 2. The minimum absolute atomic E-state index is 0.206. The summed E-state index contributed by atoms with van der Waals surface area (Å²) in [6, 6.07) is 3.95. The van der Waals surface area contributed by atoms with Crippen molar-refractivity contribution in [3.8, 4) is 11.5 Å². The van der Waals surface area contributed by atoms with Gasteiger partial charge in [0, 0.05) is 18.5 Å². The Morgan fingerprint density at radius 1 is 1.14 bits per heavy atom. The summed E-state index contributed by atoms with van der Waals surface area (Å²) < 4.78 is 11.0. The predicted octanol–water partition coefficient (Wildman–Crippen LogP) is 1.43. The molecule has 2 unspecified atom stereocenters. The van der Waals surface area contributed by atoms with Gasteiger partial charge in [0.05, 0.1) is 5.92 Å². The standard InChI is InChI=1S/C17H17NO4/c19-12-8-17-3-1-4-18(17)5-2-10-6-13-14(22-9-21-13)7-11(10)15(17)16(12)20/h6-7,15H,1-5,8-9H2. The molecule has 0 radical (unpaired) electrons. The van der Waals surface area contributed by atoms with Crippen LogP contribution in [0.1, 0.15) is 36.3 Å². The van der Waals surface area contributed by atoms with Gasteiger partial charge in [0.15, 0.2) is 11.5 Å². The zero-order valence-corrected chi connectivity index (χ0v) is 12.3. The molecule has 1 saturated carbocycles. The lowest BCUT2D eigenvalue weighted by atomic mass is 9.79. The summed E-state index contributed by atoms with van der Waals surface area (Å²) >= 11 is 0. The van der Waals surface area contributed by atoms with Crippen LogP contribution >= 0.6 is 0 Å². The highest BCUT2D eigenvalue weighted by Crippen LogP contribution is 2.53. The lowest BCUT2D eigenvalue weighted by molar-refractivity contribution is -0.134. The van der Waals surface area contributed by atoms with Crippen molar-refractivity contribution < 1.29 is 19.1 Å². The number of carbonyl (C=O) groups excluding carboxylic acids is 2. The zero-order valence-electron chi connectivity index (χ0n) is 12.3. The highest BCUT2D eigenvalue weighted by Gasteiger charge is 2.59. The van der Waals surface area contributed by atoms with E-state index < -0.39 is 0 Å². The molecule has 2 fully saturated rings. The fourth-order valence-corrected chi connectivity index (χ4v) is 4.86. The molecular weight excluding hydrogens is 282 g/mol. The smallest absolute Gasteiger partial charge is 0.231 e. The van der Waals surface area contributed by atoms with Crippen LogP contribution < -0.4 is 9.47 Å². The Hall–Kier alpha value is -1.88. The molecule has 0 N–H and O–H groups in total. The summed E-state index contributed by atoms with van der Waals surface area (Å²) in [5.74, 6) is 0.713. The minimum Gasteiger partial charge on any atom is -0.454 e. The fraction of sp³-hybridized carbons (Fsp3) is 0.529. The number of ketones is 2. The van der Waals surface area contributed by atoms with Crippen LogP contribution in [-0.4, -0.2) is 41.9 Å². The number of nitrogens with zero attached hydrogens (tertiary/aromatic N) is 1. The number of carbonyl (C=O) groups is 2. The Balaban J connectivity index is 1.74. The number of hydrogen-bond donors (Lipinski definition) is 0. The molecule has 0 bridgehead atoms. The molecule has 0 amide bonds. The van der Waals surface area contributed by atoms with Gasteiger partial charge in [0.2, 0.25) is 18.4 Å². The molecule has 114 valence electrons. The maximum absolute atomic E-state index is 12.6. The van der Waals surface area contributed by atoms with E-state index in [2.05, 4.69) is 4.90 Å². The zero-order chi connectivity index (χ0) is 14.9. The fourth-order valence-electron chi connectivity index (χ4n) is 4.86. The van der Waals surface area contributed by atoms with Crippen molar-refractivity contribution in [2.75, 3.05) is 19.9 Å². The van der Waals surface area contributed by atoms with E-state index in [1.54, 1.807) is 0 Å². The lowest BCUT2D eigenvalue weighted by Gasteiger charge is -2.37. The second-order valence-electron chi connectivity index (χ2n) is 6.75. The number of benzene rings is 1. The van der Waals surface area contributed by atoms with Crippen molar-refractivity contribution in [2.24, 2.45) is 0 Å². The molecule has 5 heteroatoms. The van der Waals surface area contributed by atoms with Gasteiger partial charge in [-0.2, -0.15) is 0 Å². The van der Waals surface area contributed by atoms with E-state index in [0.29, 0.717) is 12.2 Å². The van der Waals surface area contributed by atoms with Crippen LogP contribution in [0.2, 0.25) is 0 Å². The number of hydrogen-bond acceptors (Lipinski definition) is 5. The molecule has 5 nitrogen and oxygen atoms in total. The van der Waals surface area contributed by atoms with E-state index in [-0.39, 0.29) is 29.8 Å². The van der Waals surface area contributed by atoms with E-state index in [0.717, 1.165) is 49.2 Å². The average Bonchev–Trinajstić information content (AvgIpc) is 3.15. The largest absolute Gasteiger partial charge is 0.454 e. The molecule has 0 aromatic heterocycles. The van der Waals surface area contributed by atoms with Crippen molar-refractivity contribution in [2.45, 2.75) is 37.1 Å². The normalized spacial score (nSPS) is 32.6. The average molecular weight is 299 g/mol. The molecule has 1 saturated heterocycles. The summed E-state index contributed by atoms with van der Waals surface area (Å²) in [7, 11) is 0. The van der Waals surface area contributed by atoms with Crippen LogP contribution in [0.25, 0.3) is 0 Å². The molecule has 3 heterocycles. The molecule has 4 aliphatic rings. The van der Waals surface area contributed by atoms with Crippen molar-refractivity contribution in [1.82, 2.24) is 4.90 Å². The highest BCUT2D eigenvalue weighted by atomic mass is 16.7. The third-order valence-electron chi connectivity index (χ3n) is 5.81. The van der Waals surface area contributed by atoms with Crippen LogP contribution in [0.3, 0.4) is 0 Å². The SMILES string of the molecule is O=C1CC23CCCN2CCc2cc4c(cc2C3C1=O)OCO4. The Morgan fingerprint density at radius 3 is 2.82 bits per heavy atom. The first-order valence-corrected chi connectivity index (χ1v) is 7.93. The monoisotopic (exact) mass is 299 g/mol. The second kappa shape index (κ2) is 4.10. The maximum Gasteiger partial charge on any atom is 0.231 e. The third kappa shape index (κ3) is 1.42. The minimum atomic E-state index is -0.325. The van der Waals surface area contributed by atoms with E-state index in [9.17, 15) is 9.59 Å². The van der Waals surface area contributed by atoms with E-state index in [4.69, 9.17) is 9.47 Å². The van der Waals surface area contributed by atoms with Crippen molar-refractivity contribution in [1.29, 1.82) is 0 Å². The first-order valence-electron chi connectivity index (χ1n) is 7.93. The molecule has 1 aromatic carbocycles. The van der Waals surface area contributed by atoms with Gasteiger partial charge in [-0.05, 0) is 49.1 Å². The first kappa shape index (κ1) is 12.6. The Bertz CT molecular complexity index is 713. The topological polar surface area (TPSA) is 55.8 Å². The second-order valence-corrected chi connectivity index (χ2v) is 6.75. The Kier molecular flexibility index (Phi) is 2.36. The highest BCUT2D eigenvalue weighted by molar-refractivity contribution is 6.42. The third-order valence-corrected chi connectivity index (χ3v) is 5.81. The van der Waals surface area contributed by atoms with E-state index >= 15 is 0 Å². The summed E-state index contributed by atoms with van der Waals surface area (Å²) in [6.45, 7) is 2.12. The summed E-state index contributed by atoms with van der Waals surface area (Å²) in [5.41, 5.74) is 1.84. The summed E-state index contributed by atoms with van der Waals surface area (Å²) in [5, 5.41) is 0. The van der Waals surface area contributed by atoms with Gasteiger partial charge in [-0.3, -0.25) is 14.5 Å². The van der Waals surface area contributed by atoms with E-state index in [1.807, 2.05) is 12.1 Å². The van der Waals surface area contributed by atoms with Crippen molar-refractivity contribution >= 4 is 11.6 Å². The first-order chi connectivity index (χ1) is 10.7. The number of rotatable bonds is 0. The van der Waals surface area contributed by atoms with Crippen LogP contribution in [0, 0.1) is 0 Å². The molecule has 1 aliphatic carbocycles. The maximum atomic E-state index is 12.6. The van der Waals surface area contributed by atoms with Gasteiger partial charge in [0.1, 0.15) is 0 Å². The molecule has 5 rings (SSSR count). The van der Waals surface area contributed by atoms with Crippen LogP contribution in [-0.2, 0) is 16.0 Å². The number of fused-ring (bicyclic) bond motifs is 3. The van der Waals surface area contributed by atoms with Crippen molar-refractivity contribution in [3.63, 3.8) is 0 Å². The van der Waals surface area contributed by atoms with E-state index in [1.165, 1.54) is 0 Å². The van der Waals surface area contributed by atoms with Gasteiger partial charge in [-0.15, -0.1) is 0 Å². The van der Waals surface area contributed by atoms with Crippen molar-refractivity contribution in [3.05, 3.63) is 23.3 Å². The molecule has 1 aromatic rings. The molecule has 1 spiro atoms. The van der Waals surface area contributed by atoms with Crippen LogP contribution in [0.4, 0.5) is 0 Å². The predicted molar refractivity (Wildman–Crippen MR) is 77.2 cm³/mol. The van der Waals surface area contributed by atoms with Gasteiger partial charge >= 0.3 is 0 Å². The summed E-state index contributed by atoms with van der Waals surface area (Å²) in [4.78, 5) is 27.2. The molecule has 3 aliphatic heterocycles. The van der Waals surface area contributed by atoms with Gasteiger partial charge < -0.3 is 9.47 Å². The Morgan fingerprint density at radius 2 is 1.95 bits per heavy atom. The lowest BCUT2D eigenvalue weighted by Crippen LogP contribution is -2.46.